The molecule has 0 aromatic carbocycles. The second kappa shape index (κ2) is 9.43. The minimum absolute atomic E-state index is 0.589. The van der Waals surface area contributed by atoms with Crippen LogP contribution in [0, 0.1) is 5.92 Å². The lowest BCUT2D eigenvalue weighted by Crippen LogP contribution is -1.96. The third-order valence-corrected chi connectivity index (χ3v) is 0.874. The highest BCUT2D eigenvalue weighted by Crippen LogP contribution is 1.99. The topological polar surface area (TPSA) is 32.6 Å². The summed E-state index contributed by atoms with van der Waals surface area (Å²) in [5.41, 5.74) is 2.69. The molecule has 2 nitrogen and oxygen atoms in total. The van der Waals surface area contributed by atoms with Crippen LogP contribution in [0.15, 0.2) is 17.4 Å². The van der Waals surface area contributed by atoms with Crippen LogP contribution in [-0.2, 0) is 0 Å². The molecule has 1 N–H and O–H groups in total. The van der Waals surface area contributed by atoms with Gasteiger partial charge in [0.2, 0.25) is 0 Å². The van der Waals surface area contributed by atoms with Crippen molar-refractivity contribution in [3.05, 3.63) is 12.3 Å². The van der Waals surface area contributed by atoms with Crippen molar-refractivity contribution >= 4 is 16.0 Å². The van der Waals surface area contributed by atoms with Crippen LogP contribution in [0.1, 0.15) is 27.2 Å². The molecule has 3 heteroatoms. The monoisotopic (exact) mass is 173 g/mol. The summed E-state index contributed by atoms with van der Waals surface area (Å²) in [6, 6.07) is 0. The van der Waals surface area contributed by atoms with Crippen LogP contribution in [0.3, 0.4) is 0 Å². The van der Waals surface area contributed by atoms with E-state index in [4.69, 9.17) is 5.21 Å². The molecule has 0 aliphatic rings. The summed E-state index contributed by atoms with van der Waals surface area (Å²) in [5, 5.41) is 11.2. The van der Waals surface area contributed by atoms with E-state index in [1.165, 1.54) is 0 Å². The molecule has 0 rings (SSSR count). The van der Waals surface area contributed by atoms with Crippen molar-refractivity contribution in [3.63, 3.8) is 0 Å². The van der Waals surface area contributed by atoms with Gasteiger partial charge in [0.05, 0.1) is 5.71 Å². The summed E-state index contributed by atoms with van der Waals surface area (Å²) in [6.45, 7) is 9.43. The number of hydrogen-bond donors (Lipinski definition) is 1. The predicted molar refractivity (Wildman–Crippen MR) is 54.5 cm³/mol. The Morgan fingerprint density at radius 1 is 1.73 bits per heavy atom. The number of rotatable bonds is 2. The van der Waals surface area contributed by atoms with E-state index in [1.54, 1.807) is 0 Å². The minimum atomic E-state index is 0.589. The molecule has 66 valence electrons. The maximum absolute atomic E-state index is 8.17. The van der Waals surface area contributed by atoms with Crippen molar-refractivity contribution in [2.24, 2.45) is 11.1 Å². The highest BCUT2D eigenvalue weighted by atomic mass is 28.1. The molecule has 0 fully saturated rings. The van der Waals surface area contributed by atoms with Crippen molar-refractivity contribution in [2.45, 2.75) is 27.2 Å². The van der Waals surface area contributed by atoms with Crippen LogP contribution in [-0.4, -0.2) is 21.2 Å². The molecule has 0 aromatic rings. The van der Waals surface area contributed by atoms with Crippen molar-refractivity contribution < 1.29 is 5.21 Å². The Bertz CT molecular complexity index is 121. The lowest BCUT2D eigenvalue weighted by Gasteiger charge is -1.99. The lowest BCUT2D eigenvalue weighted by atomic mass is 10.1. The molecule has 0 radical (unpaired) electrons. The maximum Gasteiger partial charge on any atom is 0.0542 e. The number of nitrogens with zero attached hydrogens (tertiary/aromatic N) is 1. The second-order valence-corrected chi connectivity index (χ2v) is 3.66. The van der Waals surface area contributed by atoms with E-state index in [9.17, 15) is 0 Å². The molecule has 0 aliphatic heterocycles. The zero-order valence-electron chi connectivity index (χ0n) is 7.96. The molecule has 0 saturated heterocycles. The molecular weight excluding hydrogens is 154 g/mol. The van der Waals surface area contributed by atoms with Crippen LogP contribution < -0.4 is 0 Å². The van der Waals surface area contributed by atoms with Gasteiger partial charge < -0.3 is 5.21 Å². The standard InChI is InChI=1S/C6H13NO.C2H6Si/c1-5(2)4-6(3)7-8;1-2-3/h5,8H,4H2,1-3H3;2H,1H2,3H3. The molecule has 0 amide bonds. The first kappa shape index (κ1) is 13.0. The average Bonchev–Trinajstić information content (AvgIpc) is 1.88. The SMILES string of the molecule is C=C[SiH3].CC(CC(C)C)=NO. The average molecular weight is 173 g/mol. The molecule has 0 bridgehead atoms. The van der Waals surface area contributed by atoms with Gasteiger partial charge in [-0.2, -0.15) is 0 Å². The van der Waals surface area contributed by atoms with Gasteiger partial charge in [-0.15, -0.1) is 12.3 Å². The lowest BCUT2D eigenvalue weighted by molar-refractivity contribution is 0.316. The fourth-order valence-electron chi connectivity index (χ4n) is 0.632. The highest BCUT2D eigenvalue weighted by Gasteiger charge is 1.95. The Labute approximate surface area is 72.4 Å². The largest absolute Gasteiger partial charge is 0.411 e. The molecule has 0 atom stereocenters. The molecular formula is C8H19NOSi. The first-order valence-corrected chi connectivity index (χ1v) is 4.98. The Morgan fingerprint density at radius 2 is 2.09 bits per heavy atom. The second-order valence-electron chi connectivity index (χ2n) is 2.84. The van der Waals surface area contributed by atoms with Crippen molar-refractivity contribution in [2.75, 3.05) is 0 Å². The van der Waals surface area contributed by atoms with E-state index < -0.39 is 0 Å². The third-order valence-electron chi connectivity index (χ3n) is 0.874. The number of hydrogen-bond acceptors (Lipinski definition) is 2. The molecule has 0 unspecified atom stereocenters. The highest BCUT2D eigenvalue weighted by molar-refractivity contribution is 6.16. The Hall–Kier alpha value is -0.573. The molecule has 0 aromatic heterocycles. The van der Waals surface area contributed by atoms with Crippen LogP contribution >= 0.6 is 0 Å². The van der Waals surface area contributed by atoms with Gasteiger partial charge in [0.15, 0.2) is 0 Å². The zero-order chi connectivity index (χ0) is 9.28. The normalized spacial score (nSPS) is 10.7. The van der Waals surface area contributed by atoms with Crippen LogP contribution in [0.5, 0.6) is 0 Å². The van der Waals surface area contributed by atoms with Gasteiger partial charge in [0.25, 0.3) is 0 Å². The summed E-state index contributed by atoms with van der Waals surface area (Å²) < 4.78 is 0. The Morgan fingerprint density at radius 3 is 2.18 bits per heavy atom. The van der Waals surface area contributed by atoms with Crippen LogP contribution in [0.4, 0.5) is 0 Å². The van der Waals surface area contributed by atoms with Crippen LogP contribution in [0.2, 0.25) is 0 Å². The predicted octanol–water partition coefficient (Wildman–Crippen LogP) is 1.38. The van der Waals surface area contributed by atoms with Gasteiger partial charge in [-0.05, 0) is 19.3 Å². The van der Waals surface area contributed by atoms with Crippen molar-refractivity contribution in [1.29, 1.82) is 0 Å². The molecule has 11 heavy (non-hydrogen) atoms. The molecule has 0 heterocycles. The smallest absolute Gasteiger partial charge is 0.0542 e. The zero-order valence-corrected chi connectivity index (χ0v) is 9.96. The summed E-state index contributed by atoms with van der Waals surface area (Å²) >= 11 is 0. The summed E-state index contributed by atoms with van der Waals surface area (Å²) in [6.07, 6.45) is 0.885. The molecule has 0 spiro atoms. The number of oxime groups is 1. The van der Waals surface area contributed by atoms with Gasteiger partial charge in [0, 0.05) is 10.2 Å². The van der Waals surface area contributed by atoms with E-state index in [0.717, 1.165) is 22.4 Å². The van der Waals surface area contributed by atoms with Crippen molar-refractivity contribution in [3.8, 4) is 0 Å². The van der Waals surface area contributed by atoms with Gasteiger partial charge in [-0.1, -0.05) is 19.0 Å². The van der Waals surface area contributed by atoms with Gasteiger partial charge in [0.1, 0.15) is 0 Å². The quantitative estimate of drug-likeness (QED) is 0.291. The minimum Gasteiger partial charge on any atom is -0.411 e. The Balaban J connectivity index is 0. The fourth-order valence-corrected chi connectivity index (χ4v) is 0.632. The van der Waals surface area contributed by atoms with E-state index in [0.29, 0.717) is 5.92 Å². The van der Waals surface area contributed by atoms with Gasteiger partial charge in [-0.25, -0.2) is 0 Å². The van der Waals surface area contributed by atoms with Crippen molar-refractivity contribution in [1.82, 2.24) is 0 Å². The van der Waals surface area contributed by atoms with E-state index in [1.807, 2.05) is 12.6 Å². The molecule has 0 saturated carbocycles. The summed E-state index contributed by atoms with van der Waals surface area (Å²) in [5.74, 6) is 0.589. The Kier molecular flexibility index (Phi) is 11.2. The van der Waals surface area contributed by atoms with E-state index in [-0.39, 0.29) is 0 Å². The summed E-state index contributed by atoms with van der Waals surface area (Å²) in [4.78, 5) is 0. The van der Waals surface area contributed by atoms with E-state index in [2.05, 4.69) is 25.6 Å². The van der Waals surface area contributed by atoms with Crippen LogP contribution in [0.25, 0.3) is 0 Å². The molecule has 0 aliphatic carbocycles. The maximum atomic E-state index is 8.17. The summed E-state index contributed by atoms with van der Waals surface area (Å²) in [7, 11) is 1.13. The fraction of sp³-hybridized carbons (Fsp3) is 0.625. The first-order valence-electron chi connectivity index (χ1n) is 3.83. The third kappa shape index (κ3) is 17.7. The first-order chi connectivity index (χ1) is 5.08. The van der Waals surface area contributed by atoms with E-state index >= 15 is 0 Å². The van der Waals surface area contributed by atoms with Gasteiger partial charge >= 0.3 is 0 Å². The van der Waals surface area contributed by atoms with Gasteiger partial charge in [-0.3, -0.25) is 0 Å².